The SMILES string of the molecule is CCNCC(=O)N/N=C/c1ccc([N+](=O)[O-])o1. The average molecular weight is 240 g/mol. The zero-order valence-corrected chi connectivity index (χ0v) is 9.17. The minimum absolute atomic E-state index is 0.159. The van der Waals surface area contributed by atoms with Gasteiger partial charge in [-0.2, -0.15) is 5.10 Å². The lowest BCUT2D eigenvalue weighted by Crippen LogP contribution is -2.30. The molecule has 0 saturated carbocycles. The van der Waals surface area contributed by atoms with Crippen LogP contribution in [0.4, 0.5) is 5.88 Å². The van der Waals surface area contributed by atoms with Crippen LogP contribution in [-0.2, 0) is 4.79 Å². The molecule has 0 aliphatic rings. The Hall–Kier alpha value is -2.22. The van der Waals surface area contributed by atoms with E-state index in [-0.39, 0.29) is 24.1 Å². The first-order valence-electron chi connectivity index (χ1n) is 4.90. The van der Waals surface area contributed by atoms with Gasteiger partial charge in [0.25, 0.3) is 5.91 Å². The summed E-state index contributed by atoms with van der Waals surface area (Å²) in [5.41, 5.74) is 2.24. The lowest BCUT2D eigenvalue weighted by atomic mass is 10.5. The first kappa shape index (κ1) is 12.8. The van der Waals surface area contributed by atoms with E-state index < -0.39 is 4.92 Å². The highest BCUT2D eigenvalue weighted by molar-refractivity contribution is 5.81. The summed E-state index contributed by atoms with van der Waals surface area (Å²) in [5.74, 6) is -0.477. The van der Waals surface area contributed by atoms with Crippen LogP contribution in [0.15, 0.2) is 21.7 Å². The maximum Gasteiger partial charge on any atom is 0.433 e. The molecule has 0 bridgehead atoms. The third-order valence-electron chi connectivity index (χ3n) is 1.71. The number of amides is 1. The predicted molar refractivity (Wildman–Crippen MR) is 59.6 cm³/mol. The molecule has 1 amide bonds. The quantitative estimate of drug-likeness (QED) is 0.420. The number of furan rings is 1. The number of rotatable bonds is 6. The zero-order valence-electron chi connectivity index (χ0n) is 9.17. The van der Waals surface area contributed by atoms with Crippen molar-refractivity contribution in [2.75, 3.05) is 13.1 Å². The molecule has 0 fully saturated rings. The van der Waals surface area contributed by atoms with E-state index in [4.69, 9.17) is 4.42 Å². The Morgan fingerprint density at radius 2 is 2.41 bits per heavy atom. The molecular formula is C9H12N4O4. The molecule has 0 unspecified atom stereocenters. The summed E-state index contributed by atoms with van der Waals surface area (Å²) in [6.45, 7) is 2.71. The van der Waals surface area contributed by atoms with E-state index in [9.17, 15) is 14.9 Å². The van der Waals surface area contributed by atoms with E-state index in [1.165, 1.54) is 18.3 Å². The molecule has 92 valence electrons. The molecule has 17 heavy (non-hydrogen) atoms. The number of hydrazone groups is 1. The van der Waals surface area contributed by atoms with Crippen LogP contribution in [-0.4, -0.2) is 30.1 Å². The van der Waals surface area contributed by atoms with E-state index in [2.05, 4.69) is 15.8 Å². The number of nitrogens with zero attached hydrogens (tertiary/aromatic N) is 2. The Labute approximate surface area is 96.8 Å². The predicted octanol–water partition coefficient (Wildman–Crippen LogP) is 0.247. The molecule has 0 spiro atoms. The van der Waals surface area contributed by atoms with Crippen LogP contribution in [0, 0.1) is 10.1 Å². The van der Waals surface area contributed by atoms with Crippen molar-refractivity contribution in [3.63, 3.8) is 0 Å². The molecule has 0 aliphatic heterocycles. The number of hydrogen-bond donors (Lipinski definition) is 2. The smallest absolute Gasteiger partial charge is 0.400 e. The molecule has 1 aromatic rings. The fourth-order valence-corrected chi connectivity index (χ4v) is 0.956. The van der Waals surface area contributed by atoms with E-state index in [0.717, 1.165) is 0 Å². The minimum atomic E-state index is -0.652. The molecule has 1 heterocycles. The maximum absolute atomic E-state index is 11.1. The monoisotopic (exact) mass is 240 g/mol. The standard InChI is InChI=1S/C9H12N4O4/c1-2-10-6-8(14)12-11-5-7-3-4-9(17-7)13(15)16/h3-5,10H,2,6H2,1H3,(H,12,14)/b11-5+. The normalized spacial score (nSPS) is 10.6. The van der Waals surface area contributed by atoms with Crippen LogP contribution in [0.3, 0.4) is 0 Å². The van der Waals surface area contributed by atoms with Crippen molar-refractivity contribution in [2.24, 2.45) is 5.10 Å². The van der Waals surface area contributed by atoms with Gasteiger partial charge in [-0.25, -0.2) is 5.43 Å². The zero-order chi connectivity index (χ0) is 12.7. The highest BCUT2D eigenvalue weighted by Gasteiger charge is 2.10. The average Bonchev–Trinajstić information content (AvgIpc) is 2.75. The number of likely N-dealkylation sites (N-methyl/N-ethyl adjacent to an activating group) is 1. The van der Waals surface area contributed by atoms with Crippen LogP contribution in [0.5, 0.6) is 0 Å². The van der Waals surface area contributed by atoms with Crippen LogP contribution < -0.4 is 10.7 Å². The van der Waals surface area contributed by atoms with Gasteiger partial charge in [-0.15, -0.1) is 0 Å². The van der Waals surface area contributed by atoms with Crippen LogP contribution in [0.25, 0.3) is 0 Å². The van der Waals surface area contributed by atoms with Crippen molar-refractivity contribution in [1.82, 2.24) is 10.7 Å². The number of nitro groups is 1. The second-order valence-corrected chi connectivity index (χ2v) is 3.01. The summed E-state index contributed by atoms with van der Waals surface area (Å²) >= 11 is 0. The van der Waals surface area contributed by atoms with Gasteiger partial charge in [-0.1, -0.05) is 6.92 Å². The van der Waals surface area contributed by atoms with Crippen molar-refractivity contribution >= 4 is 18.0 Å². The molecule has 1 aromatic heterocycles. The third-order valence-corrected chi connectivity index (χ3v) is 1.71. The van der Waals surface area contributed by atoms with Gasteiger partial charge in [0.05, 0.1) is 18.8 Å². The molecule has 8 nitrogen and oxygen atoms in total. The Kier molecular flexibility index (Phi) is 4.82. The van der Waals surface area contributed by atoms with Crippen molar-refractivity contribution in [3.8, 4) is 0 Å². The van der Waals surface area contributed by atoms with E-state index in [1.54, 1.807) is 0 Å². The minimum Gasteiger partial charge on any atom is -0.400 e. The van der Waals surface area contributed by atoms with Crippen molar-refractivity contribution in [3.05, 3.63) is 28.0 Å². The highest BCUT2D eigenvalue weighted by Crippen LogP contribution is 2.13. The fourth-order valence-electron chi connectivity index (χ4n) is 0.956. The largest absolute Gasteiger partial charge is 0.433 e. The van der Waals surface area contributed by atoms with Crippen LogP contribution in [0.1, 0.15) is 12.7 Å². The molecule has 0 aliphatic carbocycles. The van der Waals surface area contributed by atoms with Crippen molar-refractivity contribution in [1.29, 1.82) is 0 Å². The van der Waals surface area contributed by atoms with E-state index in [1.807, 2.05) is 6.92 Å². The molecular weight excluding hydrogens is 228 g/mol. The fraction of sp³-hybridized carbons (Fsp3) is 0.333. The molecule has 2 N–H and O–H groups in total. The van der Waals surface area contributed by atoms with Gasteiger partial charge >= 0.3 is 5.88 Å². The highest BCUT2D eigenvalue weighted by atomic mass is 16.6. The Morgan fingerprint density at radius 3 is 3.00 bits per heavy atom. The van der Waals surface area contributed by atoms with Gasteiger partial charge in [0.2, 0.25) is 0 Å². The Morgan fingerprint density at radius 1 is 1.65 bits per heavy atom. The van der Waals surface area contributed by atoms with Crippen LogP contribution in [0.2, 0.25) is 0 Å². The van der Waals surface area contributed by atoms with Gasteiger partial charge in [0, 0.05) is 0 Å². The summed E-state index contributed by atoms with van der Waals surface area (Å²) in [6.07, 6.45) is 1.19. The van der Waals surface area contributed by atoms with Gasteiger partial charge < -0.3 is 9.73 Å². The lowest BCUT2D eigenvalue weighted by Gasteiger charge is -1.98. The molecule has 1 rings (SSSR count). The van der Waals surface area contributed by atoms with E-state index >= 15 is 0 Å². The Balaban J connectivity index is 2.42. The number of hydrogen-bond acceptors (Lipinski definition) is 6. The van der Waals surface area contributed by atoms with E-state index in [0.29, 0.717) is 6.54 Å². The van der Waals surface area contributed by atoms with Gasteiger partial charge in [-0.3, -0.25) is 14.9 Å². The second-order valence-electron chi connectivity index (χ2n) is 3.01. The lowest BCUT2D eigenvalue weighted by molar-refractivity contribution is -0.402. The second kappa shape index (κ2) is 6.38. The maximum atomic E-state index is 11.1. The third kappa shape index (κ3) is 4.43. The Bertz CT molecular complexity index is 426. The topological polar surface area (TPSA) is 110 Å². The summed E-state index contributed by atoms with van der Waals surface area (Å²) in [7, 11) is 0. The van der Waals surface area contributed by atoms with Crippen molar-refractivity contribution < 1.29 is 14.1 Å². The molecule has 8 heteroatoms. The van der Waals surface area contributed by atoms with Gasteiger partial charge in [0.15, 0.2) is 5.76 Å². The number of carbonyl (C=O) groups is 1. The summed E-state index contributed by atoms with van der Waals surface area (Å²) in [6, 6.07) is 2.60. The molecule has 0 aromatic carbocycles. The molecule has 0 saturated heterocycles. The van der Waals surface area contributed by atoms with Crippen LogP contribution >= 0.6 is 0 Å². The van der Waals surface area contributed by atoms with Gasteiger partial charge in [0.1, 0.15) is 4.92 Å². The first-order chi connectivity index (χ1) is 8.13. The summed E-state index contributed by atoms with van der Waals surface area (Å²) < 4.78 is 4.79. The molecule has 0 atom stereocenters. The number of carbonyl (C=O) groups excluding carboxylic acids is 1. The summed E-state index contributed by atoms with van der Waals surface area (Å²) in [5, 5.41) is 16.7. The van der Waals surface area contributed by atoms with Gasteiger partial charge in [-0.05, 0) is 12.6 Å². The van der Waals surface area contributed by atoms with Crippen molar-refractivity contribution in [2.45, 2.75) is 6.92 Å². The summed E-state index contributed by atoms with van der Waals surface area (Å²) in [4.78, 5) is 20.7. The number of nitrogens with one attached hydrogen (secondary N) is 2. The molecule has 0 radical (unpaired) electrons. The first-order valence-corrected chi connectivity index (χ1v) is 4.90.